The third-order valence-electron chi connectivity index (χ3n) is 4.42. The summed E-state index contributed by atoms with van der Waals surface area (Å²) in [6, 6.07) is 0.896. The van der Waals surface area contributed by atoms with Gasteiger partial charge >= 0.3 is 5.97 Å². The Bertz CT molecular complexity index is 307. The van der Waals surface area contributed by atoms with Crippen molar-refractivity contribution in [1.82, 2.24) is 10.2 Å². The number of hydrogen-bond acceptors (Lipinski definition) is 3. The summed E-state index contributed by atoms with van der Waals surface area (Å²) in [7, 11) is 0. The Morgan fingerprint density at radius 2 is 2.15 bits per heavy atom. The average Bonchev–Trinajstić information content (AvgIpc) is 2.38. The number of aliphatic carboxylic acids is 1. The van der Waals surface area contributed by atoms with E-state index in [1.807, 2.05) is 20.8 Å². The Hall–Kier alpha value is -0.610. The lowest BCUT2D eigenvalue weighted by molar-refractivity contribution is -0.144. The highest BCUT2D eigenvalue weighted by Crippen LogP contribution is 2.21. The van der Waals surface area contributed by atoms with Crippen molar-refractivity contribution in [2.45, 2.75) is 83.8 Å². The third kappa shape index (κ3) is 5.06. The molecule has 2 N–H and O–H groups in total. The minimum absolute atomic E-state index is 0.189. The number of piperidine rings is 1. The van der Waals surface area contributed by atoms with Crippen molar-refractivity contribution in [3.63, 3.8) is 0 Å². The number of carboxylic acids is 1. The first-order valence-electron chi connectivity index (χ1n) is 8.14. The van der Waals surface area contributed by atoms with Crippen LogP contribution in [0, 0.1) is 0 Å². The maximum absolute atomic E-state index is 11.5. The summed E-state index contributed by atoms with van der Waals surface area (Å²) in [5.74, 6) is -0.739. The summed E-state index contributed by atoms with van der Waals surface area (Å²) < 4.78 is 0. The van der Waals surface area contributed by atoms with E-state index in [2.05, 4.69) is 17.1 Å². The molecule has 0 amide bonds. The highest BCUT2D eigenvalue weighted by Gasteiger charge is 2.33. The van der Waals surface area contributed by atoms with Gasteiger partial charge in [-0.05, 0) is 66.0 Å². The fourth-order valence-electron chi connectivity index (χ4n) is 3.33. The van der Waals surface area contributed by atoms with E-state index in [9.17, 15) is 9.90 Å². The van der Waals surface area contributed by atoms with Crippen LogP contribution in [0.3, 0.4) is 0 Å². The minimum atomic E-state index is -0.800. The molecule has 1 heterocycles. The van der Waals surface area contributed by atoms with Gasteiger partial charge in [0.2, 0.25) is 0 Å². The second-order valence-electron chi connectivity index (χ2n) is 6.63. The molecule has 1 rings (SSSR count). The SMILES string of the molecule is CCC1CCCCN1CCCC(C)(NC(C)C)C(=O)O. The molecule has 2 unspecified atom stereocenters. The van der Waals surface area contributed by atoms with E-state index in [0.29, 0.717) is 12.5 Å². The van der Waals surface area contributed by atoms with Gasteiger partial charge in [0.05, 0.1) is 0 Å². The topological polar surface area (TPSA) is 52.6 Å². The van der Waals surface area contributed by atoms with Crippen LogP contribution in [-0.4, -0.2) is 46.7 Å². The lowest BCUT2D eigenvalue weighted by Crippen LogP contribution is -2.52. The summed E-state index contributed by atoms with van der Waals surface area (Å²) in [5.41, 5.74) is -0.800. The van der Waals surface area contributed by atoms with Crippen molar-refractivity contribution in [2.24, 2.45) is 0 Å². The largest absolute Gasteiger partial charge is 0.480 e. The van der Waals surface area contributed by atoms with Gasteiger partial charge in [-0.1, -0.05) is 13.3 Å². The second-order valence-corrected chi connectivity index (χ2v) is 6.63. The van der Waals surface area contributed by atoms with Gasteiger partial charge in [0.1, 0.15) is 5.54 Å². The Labute approximate surface area is 123 Å². The van der Waals surface area contributed by atoms with E-state index in [-0.39, 0.29) is 6.04 Å². The zero-order chi connectivity index (χ0) is 15.2. The molecule has 0 radical (unpaired) electrons. The first kappa shape index (κ1) is 17.4. The van der Waals surface area contributed by atoms with Gasteiger partial charge < -0.3 is 10.0 Å². The standard InChI is InChI=1S/C16H32N2O2/c1-5-14-9-6-7-11-18(14)12-8-10-16(4,15(19)20)17-13(2)3/h13-14,17H,5-12H2,1-4H3,(H,19,20). The first-order valence-corrected chi connectivity index (χ1v) is 8.14. The van der Waals surface area contributed by atoms with Crippen molar-refractivity contribution in [1.29, 1.82) is 0 Å². The minimum Gasteiger partial charge on any atom is -0.480 e. The van der Waals surface area contributed by atoms with Crippen LogP contribution in [0.4, 0.5) is 0 Å². The number of hydrogen-bond donors (Lipinski definition) is 2. The fraction of sp³-hybridized carbons (Fsp3) is 0.938. The second kappa shape index (κ2) is 7.99. The fourth-order valence-corrected chi connectivity index (χ4v) is 3.33. The molecule has 0 aliphatic carbocycles. The van der Waals surface area contributed by atoms with Gasteiger partial charge in [0, 0.05) is 12.1 Å². The molecule has 1 fully saturated rings. The molecular formula is C16H32N2O2. The molecule has 0 saturated carbocycles. The average molecular weight is 284 g/mol. The highest BCUT2D eigenvalue weighted by atomic mass is 16.4. The van der Waals surface area contributed by atoms with Crippen LogP contribution in [0.5, 0.6) is 0 Å². The Morgan fingerprint density at radius 3 is 2.70 bits per heavy atom. The zero-order valence-electron chi connectivity index (χ0n) is 13.6. The molecule has 118 valence electrons. The first-order chi connectivity index (χ1) is 9.39. The van der Waals surface area contributed by atoms with Gasteiger partial charge in [-0.25, -0.2) is 0 Å². The van der Waals surface area contributed by atoms with Crippen molar-refractivity contribution >= 4 is 5.97 Å². The molecule has 4 heteroatoms. The number of rotatable bonds is 8. The summed E-state index contributed by atoms with van der Waals surface area (Å²) in [6.07, 6.45) is 6.78. The van der Waals surface area contributed by atoms with Crippen LogP contribution < -0.4 is 5.32 Å². The zero-order valence-corrected chi connectivity index (χ0v) is 13.6. The van der Waals surface area contributed by atoms with Gasteiger partial charge in [-0.15, -0.1) is 0 Å². The van der Waals surface area contributed by atoms with Crippen LogP contribution in [-0.2, 0) is 4.79 Å². The quantitative estimate of drug-likeness (QED) is 0.719. The van der Waals surface area contributed by atoms with Crippen LogP contribution in [0.25, 0.3) is 0 Å². The molecule has 20 heavy (non-hydrogen) atoms. The predicted octanol–water partition coefficient (Wildman–Crippen LogP) is 2.87. The molecule has 0 aromatic carbocycles. The van der Waals surface area contributed by atoms with E-state index in [0.717, 1.165) is 13.0 Å². The van der Waals surface area contributed by atoms with Crippen molar-refractivity contribution < 1.29 is 9.90 Å². The molecule has 1 aliphatic heterocycles. The van der Waals surface area contributed by atoms with Gasteiger partial charge in [-0.3, -0.25) is 10.1 Å². The summed E-state index contributed by atoms with van der Waals surface area (Å²) in [5, 5.41) is 12.6. The maximum atomic E-state index is 11.5. The maximum Gasteiger partial charge on any atom is 0.323 e. The van der Waals surface area contributed by atoms with Crippen molar-refractivity contribution in [2.75, 3.05) is 13.1 Å². The van der Waals surface area contributed by atoms with Crippen LogP contribution in [0.1, 0.15) is 66.2 Å². The number of likely N-dealkylation sites (tertiary alicyclic amines) is 1. The number of nitrogens with zero attached hydrogens (tertiary/aromatic N) is 1. The van der Waals surface area contributed by atoms with E-state index in [1.165, 1.54) is 32.2 Å². The molecule has 0 spiro atoms. The van der Waals surface area contributed by atoms with Crippen LogP contribution in [0.15, 0.2) is 0 Å². The summed E-state index contributed by atoms with van der Waals surface area (Å²) >= 11 is 0. The van der Waals surface area contributed by atoms with E-state index >= 15 is 0 Å². The molecule has 0 aromatic heterocycles. The lowest BCUT2D eigenvalue weighted by atomic mass is 9.93. The van der Waals surface area contributed by atoms with E-state index in [4.69, 9.17) is 0 Å². The number of nitrogens with one attached hydrogen (secondary N) is 1. The van der Waals surface area contributed by atoms with Crippen LogP contribution >= 0.6 is 0 Å². The molecule has 4 nitrogen and oxygen atoms in total. The molecule has 0 bridgehead atoms. The summed E-state index contributed by atoms with van der Waals surface area (Å²) in [6.45, 7) is 10.3. The van der Waals surface area contributed by atoms with Gasteiger partial charge in [0.25, 0.3) is 0 Å². The number of carbonyl (C=O) groups is 1. The molecule has 1 aliphatic rings. The van der Waals surface area contributed by atoms with E-state index in [1.54, 1.807) is 0 Å². The smallest absolute Gasteiger partial charge is 0.323 e. The van der Waals surface area contributed by atoms with Gasteiger partial charge in [-0.2, -0.15) is 0 Å². The molecular weight excluding hydrogens is 252 g/mol. The predicted molar refractivity (Wildman–Crippen MR) is 83.0 cm³/mol. The molecule has 2 atom stereocenters. The lowest BCUT2D eigenvalue weighted by Gasteiger charge is -2.36. The summed E-state index contributed by atoms with van der Waals surface area (Å²) in [4.78, 5) is 14.0. The van der Waals surface area contributed by atoms with E-state index < -0.39 is 11.5 Å². The number of carboxylic acid groups (broad SMARTS) is 1. The van der Waals surface area contributed by atoms with Crippen molar-refractivity contribution in [3.8, 4) is 0 Å². The Kier molecular flexibility index (Phi) is 6.96. The normalized spacial score (nSPS) is 23.8. The highest BCUT2D eigenvalue weighted by molar-refractivity contribution is 5.78. The Morgan fingerprint density at radius 1 is 1.45 bits per heavy atom. The van der Waals surface area contributed by atoms with Crippen molar-refractivity contribution in [3.05, 3.63) is 0 Å². The third-order valence-corrected chi connectivity index (χ3v) is 4.42. The molecule has 0 aromatic rings. The Balaban J connectivity index is 2.45. The monoisotopic (exact) mass is 284 g/mol. The van der Waals surface area contributed by atoms with Crippen LogP contribution in [0.2, 0.25) is 0 Å². The molecule has 1 saturated heterocycles. The van der Waals surface area contributed by atoms with Gasteiger partial charge in [0.15, 0.2) is 0 Å².